The van der Waals surface area contributed by atoms with E-state index in [1.165, 1.54) is 18.2 Å². The van der Waals surface area contributed by atoms with Crippen LogP contribution in [0.1, 0.15) is 10.4 Å². The number of nitrogens with one attached hydrogen (secondary N) is 2. The van der Waals surface area contributed by atoms with Crippen LogP contribution in [-0.2, 0) is 4.79 Å². The average Bonchev–Trinajstić information content (AvgIpc) is 2.52. The van der Waals surface area contributed by atoms with Gasteiger partial charge in [0.15, 0.2) is 6.61 Å². The molecule has 0 fully saturated rings. The van der Waals surface area contributed by atoms with Crippen LogP contribution >= 0.6 is 27.5 Å². The number of halogens is 3. The number of hydrazine groups is 1. The quantitative estimate of drug-likeness (QED) is 0.774. The minimum atomic E-state index is -0.760. The van der Waals surface area contributed by atoms with Gasteiger partial charge in [0.1, 0.15) is 11.6 Å². The molecule has 0 spiro atoms. The number of hydrogen-bond acceptors (Lipinski definition) is 3. The van der Waals surface area contributed by atoms with E-state index in [0.29, 0.717) is 15.2 Å². The summed E-state index contributed by atoms with van der Waals surface area (Å²) in [7, 11) is 0. The van der Waals surface area contributed by atoms with E-state index in [2.05, 4.69) is 26.8 Å². The summed E-state index contributed by atoms with van der Waals surface area (Å²) in [4.78, 5) is 23.3. The molecule has 0 aromatic heterocycles. The summed E-state index contributed by atoms with van der Waals surface area (Å²) in [5.41, 5.74) is 4.07. The molecule has 0 unspecified atom stereocenters. The predicted molar refractivity (Wildman–Crippen MR) is 86.7 cm³/mol. The Balaban J connectivity index is 1.83. The number of benzene rings is 2. The largest absolute Gasteiger partial charge is 0.483 e. The van der Waals surface area contributed by atoms with Gasteiger partial charge in [0.05, 0.1) is 10.0 Å². The number of carbonyl (C=O) groups excluding carboxylic acids is 2. The number of hydrogen-bond donors (Lipinski definition) is 2. The van der Waals surface area contributed by atoms with Crippen LogP contribution in [0, 0.1) is 5.82 Å². The summed E-state index contributed by atoms with van der Waals surface area (Å²) in [5.74, 6) is -1.62. The van der Waals surface area contributed by atoms with Gasteiger partial charge in [-0.15, -0.1) is 0 Å². The van der Waals surface area contributed by atoms with E-state index >= 15 is 0 Å². The van der Waals surface area contributed by atoms with Crippen molar-refractivity contribution in [3.8, 4) is 5.75 Å². The lowest BCUT2D eigenvalue weighted by molar-refractivity contribution is -0.123. The molecular weight excluding hydrogens is 391 g/mol. The first-order valence-electron chi connectivity index (χ1n) is 6.39. The minimum absolute atomic E-state index is 0.172. The van der Waals surface area contributed by atoms with E-state index in [1.54, 1.807) is 18.2 Å². The van der Waals surface area contributed by atoms with Crippen LogP contribution < -0.4 is 15.6 Å². The van der Waals surface area contributed by atoms with Gasteiger partial charge in [-0.2, -0.15) is 0 Å². The minimum Gasteiger partial charge on any atom is -0.483 e. The van der Waals surface area contributed by atoms with Gasteiger partial charge in [-0.25, -0.2) is 4.39 Å². The predicted octanol–water partition coefficient (Wildman–Crippen LogP) is 3.08. The Morgan fingerprint density at radius 1 is 1.17 bits per heavy atom. The van der Waals surface area contributed by atoms with Crippen LogP contribution in [0.25, 0.3) is 0 Å². The van der Waals surface area contributed by atoms with Gasteiger partial charge >= 0.3 is 0 Å². The zero-order valence-electron chi connectivity index (χ0n) is 11.6. The maximum absolute atomic E-state index is 13.4. The highest BCUT2D eigenvalue weighted by Gasteiger charge is 2.12. The Labute approximate surface area is 144 Å². The van der Waals surface area contributed by atoms with Crippen molar-refractivity contribution < 1.29 is 18.7 Å². The van der Waals surface area contributed by atoms with Crippen LogP contribution in [0.4, 0.5) is 4.39 Å². The van der Waals surface area contributed by atoms with Gasteiger partial charge in [0.2, 0.25) is 0 Å². The first kappa shape index (κ1) is 17.2. The lowest BCUT2D eigenvalue weighted by atomic mass is 10.2. The molecule has 8 heteroatoms. The summed E-state index contributed by atoms with van der Waals surface area (Å²) in [6, 6.07) is 10.3. The van der Waals surface area contributed by atoms with E-state index in [0.717, 1.165) is 6.07 Å². The van der Waals surface area contributed by atoms with Gasteiger partial charge in [-0.05, 0) is 46.3 Å². The Bertz CT molecular complexity index is 742. The highest BCUT2D eigenvalue weighted by molar-refractivity contribution is 9.10. The highest BCUT2D eigenvalue weighted by Crippen LogP contribution is 2.27. The van der Waals surface area contributed by atoms with Gasteiger partial charge in [-0.1, -0.05) is 23.7 Å². The molecule has 0 bridgehead atoms. The lowest BCUT2D eigenvalue weighted by Gasteiger charge is -2.10. The topological polar surface area (TPSA) is 67.4 Å². The fourth-order valence-electron chi connectivity index (χ4n) is 1.61. The number of rotatable bonds is 4. The molecule has 0 saturated carbocycles. The summed E-state index contributed by atoms with van der Waals surface area (Å²) in [6.45, 7) is -0.336. The van der Waals surface area contributed by atoms with Crippen molar-refractivity contribution in [1.29, 1.82) is 0 Å². The van der Waals surface area contributed by atoms with Crippen molar-refractivity contribution in [2.24, 2.45) is 0 Å². The molecule has 0 aliphatic carbocycles. The van der Waals surface area contributed by atoms with Crippen LogP contribution in [0.2, 0.25) is 5.02 Å². The molecule has 23 heavy (non-hydrogen) atoms. The van der Waals surface area contributed by atoms with Crippen molar-refractivity contribution in [2.45, 2.75) is 0 Å². The van der Waals surface area contributed by atoms with Gasteiger partial charge in [0.25, 0.3) is 11.8 Å². The first-order chi connectivity index (χ1) is 11.0. The molecule has 0 radical (unpaired) electrons. The van der Waals surface area contributed by atoms with Gasteiger partial charge < -0.3 is 4.74 Å². The Morgan fingerprint density at radius 2 is 1.91 bits per heavy atom. The van der Waals surface area contributed by atoms with Gasteiger partial charge in [0, 0.05) is 5.02 Å². The molecule has 0 heterocycles. The normalized spacial score (nSPS) is 10.0. The summed E-state index contributed by atoms with van der Waals surface area (Å²) >= 11 is 9.04. The third kappa shape index (κ3) is 4.94. The number of amides is 2. The standard InChI is InChI=1S/C15H11BrClFN2O3/c16-11-7-9(17)5-6-13(11)23-8-14(21)19-20-15(22)10-3-1-2-4-12(10)18/h1-7H,8H2,(H,19,21)(H,20,22). The Kier molecular flexibility index (Phi) is 5.95. The monoisotopic (exact) mass is 400 g/mol. The molecule has 2 aromatic rings. The summed E-state index contributed by atoms with van der Waals surface area (Å²) < 4.78 is 19.3. The maximum Gasteiger partial charge on any atom is 0.276 e. The zero-order chi connectivity index (χ0) is 16.8. The zero-order valence-corrected chi connectivity index (χ0v) is 13.9. The summed E-state index contributed by atoms with van der Waals surface area (Å²) in [6.07, 6.45) is 0. The van der Waals surface area contributed by atoms with Crippen molar-refractivity contribution in [3.05, 3.63) is 63.3 Å². The molecule has 2 N–H and O–H groups in total. The SMILES string of the molecule is O=C(COc1ccc(Cl)cc1Br)NNC(=O)c1ccccc1F. The van der Waals surface area contributed by atoms with Crippen molar-refractivity contribution in [2.75, 3.05) is 6.61 Å². The molecule has 2 rings (SSSR count). The van der Waals surface area contributed by atoms with Gasteiger partial charge in [-0.3, -0.25) is 20.4 Å². The van der Waals surface area contributed by atoms with E-state index < -0.39 is 17.6 Å². The summed E-state index contributed by atoms with van der Waals surface area (Å²) in [5, 5.41) is 0.519. The fourth-order valence-corrected chi connectivity index (χ4v) is 2.41. The van der Waals surface area contributed by atoms with Crippen LogP contribution in [0.15, 0.2) is 46.9 Å². The molecular formula is C15H11BrClFN2O3. The van der Waals surface area contributed by atoms with E-state index in [-0.39, 0.29) is 12.2 Å². The molecule has 2 aromatic carbocycles. The van der Waals surface area contributed by atoms with Crippen LogP contribution in [-0.4, -0.2) is 18.4 Å². The molecule has 2 amide bonds. The van der Waals surface area contributed by atoms with E-state index in [9.17, 15) is 14.0 Å². The van der Waals surface area contributed by atoms with E-state index in [4.69, 9.17) is 16.3 Å². The maximum atomic E-state index is 13.4. The third-order valence-corrected chi connectivity index (χ3v) is 3.54. The molecule has 0 atom stereocenters. The van der Waals surface area contributed by atoms with Crippen LogP contribution in [0.3, 0.4) is 0 Å². The average molecular weight is 402 g/mol. The Morgan fingerprint density at radius 3 is 2.61 bits per heavy atom. The fraction of sp³-hybridized carbons (Fsp3) is 0.0667. The second kappa shape index (κ2) is 7.94. The van der Waals surface area contributed by atoms with Crippen molar-refractivity contribution >= 4 is 39.3 Å². The van der Waals surface area contributed by atoms with Crippen molar-refractivity contribution in [1.82, 2.24) is 10.9 Å². The number of ether oxygens (including phenoxy) is 1. The third-order valence-electron chi connectivity index (χ3n) is 2.69. The highest BCUT2D eigenvalue weighted by atomic mass is 79.9. The van der Waals surface area contributed by atoms with Crippen molar-refractivity contribution in [3.63, 3.8) is 0 Å². The Hall–Kier alpha value is -2.12. The second-order valence-corrected chi connectivity index (χ2v) is 5.64. The van der Waals surface area contributed by atoms with E-state index in [1.807, 2.05) is 0 Å². The smallest absolute Gasteiger partial charge is 0.276 e. The van der Waals surface area contributed by atoms with Crippen LogP contribution in [0.5, 0.6) is 5.75 Å². The number of carbonyl (C=O) groups is 2. The first-order valence-corrected chi connectivity index (χ1v) is 7.56. The second-order valence-electron chi connectivity index (χ2n) is 4.35. The molecule has 0 aliphatic heterocycles. The lowest BCUT2D eigenvalue weighted by Crippen LogP contribution is -2.44. The molecule has 120 valence electrons. The molecule has 0 aliphatic rings. The molecule has 5 nitrogen and oxygen atoms in total. The molecule has 0 saturated heterocycles.